The first-order valence-corrected chi connectivity index (χ1v) is 5.39. The van der Waals surface area contributed by atoms with Crippen LogP contribution in [0.25, 0.3) is 0 Å². The molecule has 0 spiro atoms. The van der Waals surface area contributed by atoms with Crippen LogP contribution in [-0.4, -0.2) is 5.78 Å². The summed E-state index contributed by atoms with van der Waals surface area (Å²) in [5, 5.41) is 0. The van der Waals surface area contributed by atoms with Crippen LogP contribution in [0.2, 0.25) is 0 Å². The predicted octanol–water partition coefficient (Wildman–Crippen LogP) is 4.04. The van der Waals surface area contributed by atoms with Crippen LogP contribution in [0.1, 0.15) is 31.4 Å². The van der Waals surface area contributed by atoms with Gasteiger partial charge < -0.3 is 0 Å². The SMILES string of the molecule is C.CC(=O)C(c1ccccc1)c1ccccc1. The van der Waals surface area contributed by atoms with Gasteiger partial charge in [-0.05, 0) is 18.1 Å². The fourth-order valence-electron chi connectivity index (χ4n) is 1.95. The Balaban J connectivity index is 0.00000144. The smallest absolute Gasteiger partial charge is 0.141 e. The van der Waals surface area contributed by atoms with Gasteiger partial charge in [0.05, 0.1) is 5.92 Å². The van der Waals surface area contributed by atoms with Crippen molar-refractivity contribution in [2.75, 3.05) is 0 Å². The number of carbonyl (C=O) groups excluding carboxylic acids is 1. The number of hydrogen-bond acceptors (Lipinski definition) is 1. The molecular weight excluding hydrogens is 208 g/mol. The van der Waals surface area contributed by atoms with Gasteiger partial charge in [-0.25, -0.2) is 0 Å². The Morgan fingerprint density at radius 2 is 1.18 bits per heavy atom. The van der Waals surface area contributed by atoms with E-state index in [0.29, 0.717) is 0 Å². The highest BCUT2D eigenvalue weighted by atomic mass is 16.1. The molecule has 17 heavy (non-hydrogen) atoms. The second kappa shape index (κ2) is 6.00. The van der Waals surface area contributed by atoms with Crippen molar-refractivity contribution < 1.29 is 4.79 Å². The summed E-state index contributed by atoms with van der Waals surface area (Å²) in [5.41, 5.74) is 2.11. The summed E-state index contributed by atoms with van der Waals surface area (Å²) < 4.78 is 0. The number of rotatable bonds is 3. The summed E-state index contributed by atoms with van der Waals surface area (Å²) in [7, 11) is 0. The maximum absolute atomic E-state index is 11.7. The van der Waals surface area contributed by atoms with E-state index in [1.54, 1.807) is 6.92 Å². The standard InChI is InChI=1S/C15H14O.CH4/c1-12(16)15(13-8-4-2-5-9-13)14-10-6-3-7-11-14;/h2-11,15H,1H3;1H4. The van der Waals surface area contributed by atoms with Crippen LogP contribution in [-0.2, 0) is 4.79 Å². The second-order valence-electron chi connectivity index (χ2n) is 3.87. The molecule has 1 heteroatoms. The Morgan fingerprint density at radius 1 is 0.824 bits per heavy atom. The van der Waals surface area contributed by atoms with E-state index in [4.69, 9.17) is 0 Å². The Labute approximate surface area is 103 Å². The molecule has 0 aliphatic carbocycles. The van der Waals surface area contributed by atoms with Gasteiger partial charge in [-0.15, -0.1) is 0 Å². The first kappa shape index (κ1) is 13.2. The average Bonchev–Trinajstić information content (AvgIpc) is 2.31. The van der Waals surface area contributed by atoms with Gasteiger partial charge in [0.2, 0.25) is 0 Å². The molecule has 0 saturated heterocycles. The molecule has 0 bridgehead atoms. The molecule has 2 rings (SSSR count). The minimum absolute atomic E-state index is 0. The van der Waals surface area contributed by atoms with E-state index >= 15 is 0 Å². The van der Waals surface area contributed by atoms with E-state index in [9.17, 15) is 4.79 Å². The summed E-state index contributed by atoms with van der Waals surface area (Å²) in [6.45, 7) is 1.64. The fourth-order valence-corrected chi connectivity index (χ4v) is 1.95. The largest absolute Gasteiger partial charge is 0.299 e. The third-order valence-electron chi connectivity index (χ3n) is 2.67. The maximum atomic E-state index is 11.7. The Bertz CT molecular complexity index is 420. The zero-order valence-electron chi connectivity index (χ0n) is 9.26. The monoisotopic (exact) mass is 226 g/mol. The molecule has 0 radical (unpaired) electrons. The highest BCUT2D eigenvalue weighted by Gasteiger charge is 2.17. The molecule has 0 heterocycles. The maximum Gasteiger partial charge on any atom is 0.141 e. The number of carbonyl (C=O) groups is 1. The van der Waals surface area contributed by atoms with Crippen molar-refractivity contribution in [2.45, 2.75) is 20.3 Å². The van der Waals surface area contributed by atoms with E-state index < -0.39 is 0 Å². The molecule has 1 nitrogen and oxygen atoms in total. The average molecular weight is 226 g/mol. The topological polar surface area (TPSA) is 17.1 Å². The minimum Gasteiger partial charge on any atom is -0.299 e. The Morgan fingerprint density at radius 3 is 1.47 bits per heavy atom. The van der Waals surface area contributed by atoms with Crippen molar-refractivity contribution in [1.29, 1.82) is 0 Å². The quantitative estimate of drug-likeness (QED) is 0.771. The van der Waals surface area contributed by atoms with Gasteiger partial charge in [0, 0.05) is 0 Å². The summed E-state index contributed by atoms with van der Waals surface area (Å²) in [4.78, 5) is 11.7. The van der Waals surface area contributed by atoms with Crippen molar-refractivity contribution in [3.05, 3.63) is 71.8 Å². The zero-order chi connectivity index (χ0) is 11.4. The van der Waals surface area contributed by atoms with Crippen LogP contribution in [0.4, 0.5) is 0 Å². The van der Waals surface area contributed by atoms with Crippen LogP contribution < -0.4 is 0 Å². The first-order chi connectivity index (χ1) is 7.79. The number of Topliss-reactive ketones (excluding diaryl/α,β-unsaturated/α-hetero) is 1. The third kappa shape index (κ3) is 3.04. The summed E-state index contributed by atoms with van der Waals surface area (Å²) >= 11 is 0. The summed E-state index contributed by atoms with van der Waals surface area (Å²) in [6, 6.07) is 19.8. The summed E-state index contributed by atoms with van der Waals surface area (Å²) in [6.07, 6.45) is 0. The van der Waals surface area contributed by atoms with Crippen LogP contribution in [0.15, 0.2) is 60.7 Å². The number of hydrogen-bond donors (Lipinski definition) is 0. The van der Waals surface area contributed by atoms with Gasteiger partial charge in [0.25, 0.3) is 0 Å². The van der Waals surface area contributed by atoms with Gasteiger partial charge in [0.1, 0.15) is 5.78 Å². The van der Waals surface area contributed by atoms with Gasteiger partial charge >= 0.3 is 0 Å². The normalized spacial score (nSPS) is 9.76. The van der Waals surface area contributed by atoms with Crippen LogP contribution in [0.3, 0.4) is 0 Å². The molecule has 0 saturated carbocycles. The lowest BCUT2D eigenvalue weighted by atomic mass is 9.88. The summed E-state index contributed by atoms with van der Waals surface area (Å²) in [5.74, 6) is 0.0415. The molecule has 0 N–H and O–H groups in total. The highest BCUT2D eigenvalue weighted by molar-refractivity contribution is 5.86. The Kier molecular flexibility index (Phi) is 4.65. The molecule has 2 aromatic carbocycles. The van der Waals surface area contributed by atoms with Crippen molar-refractivity contribution >= 4 is 5.78 Å². The molecule has 0 fully saturated rings. The second-order valence-corrected chi connectivity index (χ2v) is 3.87. The molecule has 0 amide bonds. The lowest BCUT2D eigenvalue weighted by molar-refractivity contribution is -0.117. The first-order valence-electron chi connectivity index (χ1n) is 5.39. The molecule has 88 valence electrons. The van der Waals surface area contributed by atoms with Gasteiger partial charge in [-0.1, -0.05) is 68.1 Å². The van der Waals surface area contributed by atoms with Gasteiger partial charge in [-0.3, -0.25) is 4.79 Å². The Hall–Kier alpha value is -1.89. The van der Waals surface area contributed by atoms with E-state index in [0.717, 1.165) is 11.1 Å². The molecule has 0 unspecified atom stereocenters. The van der Waals surface area contributed by atoms with Crippen molar-refractivity contribution in [2.24, 2.45) is 0 Å². The van der Waals surface area contributed by atoms with Crippen molar-refractivity contribution in [1.82, 2.24) is 0 Å². The molecule has 0 aromatic heterocycles. The molecule has 0 atom stereocenters. The molecular formula is C16H18O. The zero-order valence-corrected chi connectivity index (χ0v) is 9.26. The molecule has 0 aliphatic heterocycles. The van der Waals surface area contributed by atoms with Crippen molar-refractivity contribution in [3.8, 4) is 0 Å². The van der Waals surface area contributed by atoms with E-state index in [1.807, 2.05) is 60.7 Å². The van der Waals surface area contributed by atoms with E-state index in [1.165, 1.54) is 0 Å². The van der Waals surface area contributed by atoms with Crippen LogP contribution >= 0.6 is 0 Å². The third-order valence-corrected chi connectivity index (χ3v) is 2.67. The van der Waals surface area contributed by atoms with Crippen LogP contribution in [0, 0.1) is 0 Å². The molecule has 0 aliphatic rings. The van der Waals surface area contributed by atoms with Gasteiger partial charge in [-0.2, -0.15) is 0 Å². The highest BCUT2D eigenvalue weighted by Crippen LogP contribution is 2.24. The van der Waals surface area contributed by atoms with Gasteiger partial charge in [0.15, 0.2) is 0 Å². The fraction of sp³-hybridized carbons (Fsp3) is 0.188. The van der Waals surface area contributed by atoms with E-state index in [-0.39, 0.29) is 19.1 Å². The number of benzene rings is 2. The van der Waals surface area contributed by atoms with Crippen molar-refractivity contribution in [3.63, 3.8) is 0 Å². The lowest BCUT2D eigenvalue weighted by Gasteiger charge is -2.14. The molecule has 2 aromatic rings. The minimum atomic E-state index is -0.137. The van der Waals surface area contributed by atoms with E-state index in [2.05, 4.69) is 0 Å². The predicted molar refractivity (Wildman–Crippen MR) is 72.1 cm³/mol. The number of ketones is 1. The lowest BCUT2D eigenvalue weighted by Crippen LogP contribution is -2.10. The van der Waals surface area contributed by atoms with Crippen LogP contribution in [0.5, 0.6) is 0 Å².